The van der Waals surface area contributed by atoms with Gasteiger partial charge in [-0.05, 0) is 6.92 Å². The molecule has 1 unspecified atom stereocenters. The van der Waals surface area contributed by atoms with Crippen LogP contribution in [0, 0.1) is 11.5 Å². The van der Waals surface area contributed by atoms with E-state index >= 15 is 0 Å². The van der Waals surface area contributed by atoms with Crippen molar-refractivity contribution in [1.82, 2.24) is 4.90 Å². The maximum Gasteiger partial charge on any atom is 0.209 e. The molecule has 16 heavy (non-hydrogen) atoms. The monoisotopic (exact) mass is 262 g/mol. The Balaban J connectivity index is 3.72. The van der Waals surface area contributed by atoms with Gasteiger partial charge < -0.3 is 10.6 Å². The number of nitrogens with zero attached hydrogens (tertiary/aromatic N) is 3. The molecule has 0 aromatic carbocycles. The molecule has 2 N–H and O–H groups in total. The average molecular weight is 263 g/mol. The number of carbonyl (C=O) groups excluding carboxylic acids is 1. The third kappa shape index (κ3) is 6.53. The lowest BCUT2D eigenvalue weighted by Crippen LogP contribution is -2.35. The van der Waals surface area contributed by atoms with Crippen LogP contribution in [-0.2, 0) is 4.79 Å². The minimum Gasteiger partial charge on any atom is -0.369 e. The van der Waals surface area contributed by atoms with Crippen molar-refractivity contribution in [2.75, 3.05) is 25.1 Å². The second-order valence-electron chi connectivity index (χ2n) is 3.14. The number of guanidine groups is 1. The molecule has 0 aromatic rings. The summed E-state index contributed by atoms with van der Waals surface area (Å²) in [4.78, 5) is 15.9. The van der Waals surface area contributed by atoms with E-state index in [1.807, 2.05) is 0 Å². The van der Waals surface area contributed by atoms with E-state index < -0.39 is 5.38 Å². The Morgan fingerprint density at radius 1 is 1.75 bits per heavy atom. The number of alkyl halides is 1. The quantitative estimate of drug-likeness (QED) is 0.250. The maximum atomic E-state index is 10.8. The molecule has 0 spiro atoms. The van der Waals surface area contributed by atoms with E-state index in [2.05, 4.69) is 4.99 Å². The second kappa shape index (κ2) is 8.25. The smallest absolute Gasteiger partial charge is 0.209 e. The molecule has 0 heterocycles. The summed E-state index contributed by atoms with van der Waals surface area (Å²) in [5, 5.41) is 7.86. The van der Waals surface area contributed by atoms with Crippen molar-refractivity contribution in [3.8, 4) is 6.19 Å². The predicted octanol–water partition coefficient (Wildman–Crippen LogP) is 0.644. The van der Waals surface area contributed by atoms with Gasteiger partial charge in [-0.15, -0.1) is 16.6 Å². The molecule has 0 bridgehead atoms. The first-order valence-electron chi connectivity index (χ1n) is 4.64. The Bertz CT molecular complexity index is 302. The summed E-state index contributed by atoms with van der Waals surface area (Å²) in [7, 11) is 1.75. The van der Waals surface area contributed by atoms with E-state index in [0.29, 0.717) is 12.3 Å². The highest BCUT2D eigenvalue weighted by molar-refractivity contribution is 7.99. The minimum absolute atomic E-state index is 0.0203. The van der Waals surface area contributed by atoms with E-state index in [9.17, 15) is 4.79 Å². The highest BCUT2D eigenvalue weighted by Crippen LogP contribution is 2.08. The van der Waals surface area contributed by atoms with Gasteiger partial charge in [0.1, 0.15) is 11.2 Å². The summed E-state index contributed by atoms with van der Waals surface area (Å²) in [6.07, 6.45) is 1.62. The summed E-state index contributed by atoms with van der Waals surface area (Å²) < 4.78 is 0. The lowest BCUT2D eigenvalue weighted by atomic mass is 10.3. The molecule has 0 aliphatic rings. The molecule has 0 aromatic heterocycles. The van der Waals surface area contributed by atoms with Crippen molar-refractivity contribution in [3.05, 3.63) is 0 Å². The van der Waals surface area contributed by atoms with Gasteiger partial charge in [-0.1, -0.05) is 0 Å². The van der Waals surface area contributed by atoms with Crippen molar-refractivity contribution in [2.45, 2.75) is 12.3 Å². The molecule has 0 rings (SSSR count). The molecule has 0 aliphatic carbocycles. The Kier molecular flexibility index (Phi) is 7.77. The van der Waals surface area contributed by atoms with Crippen LogP contribution in [0.3, 0.4) is 0 Å². The van der Waals surface area contributed by atoms with Gasteiger partial charge in [0.05, 0.1) is 0 Å². The Morgan fingerprint density at radius 2 is 2.38 bits per heavy atom. The Hall–Kier alpha value is -0.930. The zero-order valence-corrected chi connectivity index (χ0v) is 10.9. The number of nitriles is 1. The van der Waals surface area contributed by atoms with Crippen LogP contribution in [0.4, 0.5) is 0 Å². The molecule has 0 aliphatic heterocycles. The number of rotatable bonds is 6. The van der Waals surface area contributed by atoms with Gasteiger partial charge in [-0.3, -0.25) is 4.79 Å². The lowest BCUT2D eigenvalue weighted by Gasteiger charge is -2.16. The molecular weight excluding hydrogens is 248 g/mol. The van der Waals surface area contributed by atoms with E-state index in [1.54, 1.807) is 29.9 Å². The Labute approximate surface area is 105 Å². The average Bonchev–Trinajstić information content (AvgIpc) is 2.23. The van der Waals surface area contributed by atoms with Gasteiger partial charge in [0.25, 0.3) is 0 Å². The van der Waals surface area contributed by atoms with Crippen molar-refractivity contribution < 1.29 is 4.79 Å². The lowest BCUT2D eigenvalue weighted by molar-refractivity contribution is -0.116. The number of thioether (sulfide) groups is 1. The molecule has 0 fully saturated rings. The van der Waals surface area contributed by atoms with E-state index in [4.69, 9.17) is 22.6 Å². The summed E-state index contributed by atoms with van der Waals surface area (Å²) in [6, 6.07) is 0. The highest BCUT2D eigenvalue weighted by Gasteiger charge is 2.10. The molecule has 0 radical (unpaired) electrons. The predicted molar refractivity (Wildman–Crippen MR) is 67.5 cm³/mol. The van der Waals surface area contributed by atoms with Gasteiger partial charge in [-0.2, -0.15) is 17.0 Å². The van der Waals surface area contributed by atoms with Crippen LogP contribution in [0.1, 0.15) is 6.92 Å². The van der Waals surface area contributed by atoms with Crippen LogP contribution in [-0.4, -0.2) is 47.1 Å². The second-order valence-corrected chi connectivity index (χ2v) is 4.82. The molecule has 0 amide bonds. The van der Waals surface area contributed by atoms with Crippen LogP contribution in [0.25, 0.3) is 0 Å². The van der Waals surface area contributed by atoms with Crippen LogP contribution in [0.2, 0.25) is 0 Å². The van der Waals surface area contributed by atoms with Crippen LogP contribution < -0.4 is 5.73 Å². The number of hydrogen-bond donors (Lipinski definition) is 1. The van der Waals surface area contributed by atoms with Crippen molar-refractivity contribution >= 4 is 35.1 Å². The van der Waals surface area contributed by atoms with Crippen molar-refractivity contribution in [2.24, 2.45) is 10.7 Å². The standard InChI is InChI=1S/C9H15ClN4OS/c1-7(15)8(10)5-16-4-3-14(2)9(12)13-6-11/h8H,3-5H2,1-2H3,(H2,12,13). The number of Topliss-reactive ketones (excluding diaryl/α,β-unsaturated/α-hetero) is 1. The number of nitrogens with two attached hydrogens (primary N) is 1. The van der Waals surface area contributed by atoms with E-state index in [-0.39, 0.29) is 11.7 Å². The molecule has 0 saturated carbocycles. The molecule has 5 nitrogen and oxygen atoms in total. The maximum absolute atomic E-state index is 10.8. The normalized spacial score (nSPS) is 13.0. The van der Waals surface area contributed by atoms with E-state index in [1.165, 1.54) is 6.92 Å². The third-order valence-corrected chi connectivity index (χ3v) is 3.52. The van der Waals surface area contributed by atoms with Gasteiger partial charge >= 0.3 is 0 Å². The van der Waals surface area contributed by atoms with Crippen LogP contribution in [0.15, 0.2) is 4.99 Å². The minimum atomic E-state index is -0.430. The molecule has 1 atom stereocenters. The molecule has 7 heteroatoms. The van der Waals surface area contributed by atoms with E-state index in [0.717, 1.165) is 5.75 Å². The number of hydrogen-bond acceptors (Lipinski definition) is 4. The van der Waals surface area contributed by atoms with Crippen LogP contribution >= 0.6 is 23.4 Å². The largest absolute Gasteiger partial charge is 0.369 e. The summed E-state index contributed by atoms with van der Waals surface area (Å²) in [5.74, 6) is 1.53. The SMILES string of the molecule is CC(=O)C(Cl)CSCCN(C)C(N)=NC#N. The first kappa shape index (κ1) is 15.1. The molecule has 90 valence electrons. The fourth-order valence-corrected chi connectivity index (χ4v) is 2.04. The van der Waals surface area contributed by atoms with Gasteiger partial charge in [0.2, 0.25) is 12.2 Å². The number of ketones is 1. The first-order valence-corrected chi connectivity index (χ1v) is 6.23. The number of carbonyl (C=O) groups is 1. The van der Waals surface area contributed by atoms with Crippen molar-refractivity contribution in [1.29, 1.82) is 5.26 Å². The zero-order valence-electron chi connectivity index (χ0n) is 9.31. The zero-order chi connectivity index (χ0) is 12.6. The number of aliphatic imine (C=N–C) groups is 1. The summed E-state index contributed by atoms with van der Waals surface area (Å²) in [5.41, 5.74) is 5.48. The van der Waals surface area contributed by atoms with Crippen LogP contribution in [0.5, 0.6) is 0 Å². The summed E-state index contributed by atoms with van der Waals surface area (Å²) >= 11 is 7.33. The highest BCUT2D eigenvalue weighted by atomic mass is 35.5. The van der Waals surface area contributed by atoms with Gasteiger partial charge in [0, 0.05) is 25.1 Å². The molecule has 0 saturated heterocycles. The fourth-order valence-electron chi connectivity index (χ4n) is 0.757. The number of halogens is 1. The topological polar surface area (TPSA) is 82.5 Å². The molecular formula is C9H15ClN4OS. The van der Waals surface area contributed by atoms with Crippen molar-refractivity contribution in [3.63, 3.8) is 0 Å². The van der Waals surface area contributed by atoms with Gasteiger partial charge in [0.15, 0.2) is 0 Å². The third-order valence-electron chi connectivity index (χ3n) is 1.83. The fraction of sp³-hybridized carbons (Fsp3) is 0.667. The summed E-state index contributed by atoms with van der Waals surface area (Å²) in [6.45, 7) is 2.13. The Morgan fingerprint density at radius 3 is 2.88 bits per heavy atom. The first-order chi connectivity index (χ1) is 7.49. The van der Waals surface area contributed by atoms with Gasteiger partial charge in [-0.25, -0.2) is 0 Å².